The molecular weight excluding hydrogens is 306 g/mol. The summed E-state index contributed by atoms with van der Waals surface area (Å²) in [7, 11) is -1.29. The van der Waals surface area contributed by atoms with Crippen LogP contribution >= 0.6 is 11.8 Å². The van der Waals surface area contributed by atoms with Gasteiger partial charge in [-0.05, 0) is 30.7 Å². The molecule has 1 saturated heterocycles. The van der Waals surface area contributed by atoms with Crippen LogP contribution in [0.1, 0.15) is 30.6 Å². The molecule has 116 valence electrons. The molecule has 6 heteroatoms. The van der Waals surface area contributed by atoms with Gasteiger partial charge in [-0.25, -0.2) is 8.42 Å². The van der Waals surface area contributed by atoms with Gasteiger partial charge in [0.05, 0.1) is 11.5 Å². The van der Waals surface area contributed by atoms with E-state index in [1.807, 2.05) is 24.3 Å². The van der Waals surface area contributed by atoms with Crippen molar-refractivity contribution in [3.05, 3.63) is 29.8 Å². The van der Waals surface area contributed by atoms with Gasteiger partial charge in [-0.2, -0.15) is 0 Å². The van der Waals surface area contributed by atoms with Crippen LogP contribution in [-0.2, 0) is 9.84 Å². The highest BCUT2D eigenvalue weighted by Gasteiger charge is 2.32. The average molecular weight is 327 g/mol. The molecule has 21 heavy (non-hydrogen) atoms. The van der Waals surface area contributed by atoms with Gasteiger partial charge in [-0.1, -0.05) is 13.8 Å². The molecule has 4 nitrogen and oxygen atoms in total. The van der Waals surface area contributed by atoms with Crippen LogP contribution in [0.3, 0.4) is 0 Å². The van der Waals surface area contributed by atoms with Crippen molar-refractivity contribution in [3.63, 3.8) is 0 Å². The van der Waals surface area contributed by atoms with Crippen molar-refractivity contribution in [3.8, 4) is 0 Å². The zero-order valence-corrected chi connectivity index (χ0v) is 14.2. The summed E-state index contributed by atoms with van der Waals surface area (Å²) in [6, 6.07) is 7.31. The summed E-state index contributed by atoms with van der Waals surface area (Å²) in [4.78, 5) is 15.1. The fourth-order valence-electron chi connectivity index (χ4n) is 2.40. The van der Waals surface area contributed by atoms with Crippen molar-refractivity contribution in [1.29, 1.82) is 0 Å². The van der Waals surface area contributed by atoms with E-state index in [4.69, 9.17) is 0 Å². The predicted octanol–water partition coefficient (Wildman–Crippen LogP) is 2.45. The molecule has 0 radical (unpaired) electrons. The molecule has 1 unspecified atom stereocenters. The molecule has 0 bridgehead atoms. The molecular formula is C15H21NO3S2. The summed E-state index contributed by atoms with van der Waals surface area (Å²) in [5, 5.41) is 0.498. The largest absolute Gasteiger partial charge is 0.338 e. The Morgan fingerprint density at radius 3 is 2.38 bits per heavy atom. The maximum Gasteiger partial charge on any atom is 0.253 e. The number of carbonyl (C=O) groups is 1. The summed E-state index contributed by atoms with van der Waals surface area (Å²) in [6.07, 6.45) is 0.534. The molecule has 1 atom stereocenters. The van der Waals surface area contributed by atoms with Gasteiger partial charge in [0.25, 0.3) is 5.91 Å². The van der Waals surface area contributed by atoms with Gasteiger partial charge < -0.3 is 4.90 Å². The molecule has 1 heterocycles. The summed E-state index contributed by atoms with van der Waals surface area (Å²) in [6.45, 7) is 4.25. The van der Waals surface area contributed by atoms with Crippen LogP contribution in [0.2, 0.25) is 0 Å². The van der Waals surface area contributed by atoms with Gasteiger partial charge >= 0.3 is 0 Å². The van der Waals surface area contributed by atoms with Crippen molar-refractivity contribution < 1.29 is 13.2 Å². The zero-order valence-electron chi connectivity index (χ0n) is 12.6. The lowest BCUT2D eigenvalue weighted by Gasteiger charge is -2.23. The molecule has 2 rings (SSSR count). The Bertz CT molecular complexity index is 608. The first kappa shape index (κ1) is 16.4. The van der Waals surface area contributed by atoms with E-state index in [-0.39, 0.29) is 23.5 Å². The van der Waals surface area contributed by atoms with E-state index < -0.39 is 9.84 Å². The van der Waals surface area contributed by atoms with Crippen molar-refractivity contribution in [2.75, 3.05) is 18.6 Å². The maximum absolute atomic E-state index is 12.4. The van der Waals surface area contributed by atoms with Crippen LogP contribution in [0.15, 0.2) is 29.2 Å². The van der Waals surface area contributed by atoms with Crippen LogP contribution in [0.4, 0.5) is 0 Å². The Kier molecular flexibility index (Phi) is 4.99. The fraction of sp³-hybridized carbons (Fsp3) is 0.533. The van der Waals surface area contributed by atoms with E-state index in [9.17, 15) is 13.2 Å². The van der Waals surface area contributed by atoms with Crippen LogP contribution in [-0.4, -0.2) is 49.1 Å². The minimum absolute atomic E-state index is 0.0799. The first-order valence-corrected chi connectivity index (χ1v) is 9.73. The SMILES string of the molecule is CC(C)Sc1ccc(C(=O)N(C)C2CCS(=O)(=O)C2)cc1. The first-order valence-electron chi connectivity index (χ1n) is 7.03. The minimum atomic E-state index is -2.97. The number of nitrogens with zero attached hydrogens (tertiary/aromatic N) is 1. The van der Waals surface area contributed by atoms with Crippen molar-refractivity contribution in [2.24, 2.45) is 0 Å². The smallest absolute Gasteiger partial charge is 0.253 e. The van der Waals surface area contributed by atoms with Gasteiger partial charge in [-0.15, -0.1) is 11.8 Å². The Morgan fingerprint density at radius 1 is 1.29 bits per heavy atom. The average Bonchev–Trinajstić information content (AvgIpc) is 2.77. The third kappa shape index (κ3) is 4.23. The summed E-state index contributed by atoms with van der Waals surface area (Å²) < 4.78 is 23.0. The zero-order chi connectivity index (χ0) is 15.6. The van der Waals surface area contributed by atoms with E-state index in [1.165, 1.54) is 0 Å². The second-order valence-electron chi connectivity index (χ2n) is 5.66. The summed E-state index contributed by atoms with van der Waals surface area (Å²) in [5.74, 6) is 0.147. The number of hydrogen-bond donors (Lipinski definition) is 0. The Morgan fingerprint density at radius 2 is 1.90 bits per heavy atom. The topological polar surface area (TPSA) is 54.5 Å². The van der Waals surface area contributed by atoms with E-state index in [1.54, 1.807) is 23.7 Å². The highest BCUT2D eigenvalue weighted by Crippen LogP contribution is 2.24. The normalized spacial score (nSPS) is 20.7. The summed E-state index contributed by atoms with van der Waals surface area (Å²) >= 11 is 1.75. The highest BCUT2D eigenvalue weighted by molar-refractivity contribution is 7.99. The molecule has 0 N–H and O–H groups in total. The lowest BCUT2D eigenvalue weighted by Crippen LogP contribution is -2.37. The van der Waals surface area contributed by atoms with E-state index in [0.29, 0.717) is 17.2 Å². The van der Waals surface area contributed by atoms with E-state index >= 15 is 0 Å². The van der Waals surface area contributed by atoms with Crippen LogP contribution in [0, 0.1) is 0 Å². The lowest BCUT2D eigenvalue weighted by atomic mass is 10.1. The molecule has 1 aromatic carbocycles. The van der Waals surface area contributed by atoms with Gasteiger partial charge in [-0.3, -0.25) is 4.79 Å². The molecule has 0 aliphatic carbocycles. The van der Waals surface area contributed by atoms with Crippen LogP contribution < -0.4 is 0 Å². The van der Waals surface area contributed by atoms with Gasteiger partial charge in [0, 0.05) is 28.8 Å². The number of benzene rings is 1. The molecule has 1 amide bonds. The molecule has 1 aliphatic rings. The van der Waals surface area contributed by atoms with Crippen LogP contribution in [0.25, 0.3) is 0 Å². The second-order valence-corrected chi connectivity index (χ2v) is 9.54. The maximum atomic E-state index is 12.4. The minimum Gasteiger partial charge on any atom is -0.338 e. The Labute approximate surface area is 130 Å². The predicted molar refractivity (Wildman–Crippen MR) is 86.6 cm³/mol. The van der Waals surface area contributed by atoms with Gasteiger partial charge in [0.2, 0.25) is 0 Å². The highest BCUT2D eigenvalue weighted by atomic mass is 32.2. The molecule has 1 fully saturated rings. The molecule has 1 aromatic rings. The van der Waals surface area contributed by atoms with Crippen molar-refractivity contribution in [2.45, 2.75) is 36.5 Å². The molecule has 0 aromatic heterocycles. The third-order valence-electron chi connectivity index (χ3n) is 3.55. The van der Waals surface area contributed by atoms with Crippen molar-refractivity contribution in [1.82, 2.24) is 4.90 Å². The van der Waals surface area contributed by atoms with Gasteiger partial charge in [0.15, 0.2) is 9.84 Å². The van der Waals surface area contributed by atoms with Crippen molar-refractivity contribution >= 4 is 27.5 Å². The Hall–Kier alpha value is -1.01. The first-order chi connectivity index (χ1) is 9.78. The number of rotatable bonds is 4. The van der Waals surface area contributed by atoms with Crippen LogP contribution in [0.5, 0.6) is 0 Å². The quantitative estimate of drug-likeness (QED) is 0.797. The standard InChI is InChI=1S/C15H21NO3S2/c1-11(2)20-14-6-4-12(5-7-14)15(17)16(3)13-8-9-21(18,19)10-13/h4-7,11,13H,8-10H2,1-3H3. The number of thioether (sulfide) groups is 1. The molecule has 0 spiro atoms. The third-order valence-corrected chi connectivity index (χ3v) is 6.32. The number of hydrogen-bond acceptors (Lipinski definition) is 4. The second kappa shape index (κ2) is 6.40. The van der Waals surface area contributed by atoms with E-state index in [0.717, 1.165) is 4.90 Å². The number of sulfone groups is 1. The molecule has 0 saturated carbocycles. The van der Waals surface area contributed by atoms with E-state index in [2.05, 4.69) is 13.8 Å². The fourth-order valence-corrected chi connectivity index (χ4v) is 5.01. The summed E-state index contributed by atoms with van der Waals surface area (Å²) in [5.41, 5.74) is 0.606. The Balaban J connectivity index is 2.06. The monoisotopic (exact) mass is 327 g/mol. The number of amides is 1. The number of carbonyl (C=O) groups excluding carboxylic acids is 1. The molecule has 1 aliphatic heterocycles. The lowest BCUT2D eigenvalue weighted by molar-refractivity contribution is 0.0747. The van der Waals surface area contributed by atoms with Gasteiger partial charge in [0.1, 0.15) is 0 Å².